The summed E-state index contributed by atoms with van der Waals surface area (Å²) in [7, 11) is 0. The molecule has 2 rings (SSSR count). The quantitative estimate of drug-likeness (QED) is 0.866. The van der Waals surface area contributed by atoms with E-state index in [1.807, 2.05) is 0 Å². The lowest BCUT2D eigenvalue weighted by molar-refractivity contribution is -0.137. The number of halogens is 3. The number of aliphatic hydroxyl groups is 1. The van der Waals surface area contributed by atoms with Crippen molar-refractivity contribution in [2.45, 2.75) is 19.1 Å². The lowest BCUT2D eigenvalue weighted by Crippen LogP contribution is -2.22. The van der Waals surface area contributed by atoms with Gasteiger partial charge >= 0.3 is 11.9 Å². The number of aromatic amines is 1. The average molecular weight is 260 g/mol. The summed E-state index contributed by atoms with van der Waals surface area (Å²) in [6.45, 7) is 1.22. The van der Waals surface area contributed by atoms with Crippen molar-refractivity contribution < 1.29 is 18.3 Å². The highest BCUT2D eigenvalue weighted by atomic mass is 19.4. The van der Waals surface area contributed by atoms with Crippen LogP contribution in [-0.2, 0) is 6.18 Å². The summed E-state index contributed by atoms with van der Waals surface area (Å²) < 4.78 is 38.9. The maximum absolute atomic E-state index is 12.6. The molecular formula is C11H11F3N2O2. The molecule has 2 N–H and O–H groups in total. The minimum atomic E-state index is -4.46. The average Bonchev–Trinajstić information content (AvgIpc) is 2.61. The zero-order valence-electron chi connectivity index (χ0n) is 9.45. The number of hydrogen-bond acceptors (Lipinski definition) is 2. The Morgan fingerprint density at radius 1 is 1.44 bits per heavy atom. The van der Waals surface area contributed by atoms with Gasteiger partial charge in [0.05, 0.1) is 29.2 Å². The lowest BCUT2D eigenvalue weighted by Gasteiger charge is -2.11. The van der Waals surface area contributed by atoms with E-state index in [0.717, 1.165) is 16.7 Å². The summed E-state index contributed by atoms with van der Waals surface area (Å²) in [5.41, 5.74) is -0.913. The standard InChI is InChI=1S/C11H11F3N2O2/c1-6(5-17)16-9-4-7(11(12,13)14)2-3-8(9)15-10(16)18/h2-4,6,17H,5H2,1H3,(H,15,18)/t6-/m1/s1. The molecule has 7 heteroatoms. The molecule has 4 nitrogen and oxygen atoms in total. The highest BCUT2D eigenvalue weighted by molar-refractivity contribution is 5.76. The summed E-state index contributed by atoms with van der Waals surface area (Å²) >= 11 is 0. The molecule has 0 aliphatic heterocycles. The van der Waals surface area contributed by atoms with E-state index in [1.165, 1.54) is 6.07 Å². The Kier molecular flexibility index (Phi) is 2.94. The zero-order valence-corrected chi connectivity index (χ0v) is 9.45. The molecular weight excluding hydrogens is 249 g/mol. The Morgan fingerprint density at radius 3 is 2.67 bits per heavy atom. The van der Waals surface area contributed by atoms with Crippen LogP contribution in [0.25, 0.3) is 11.0 Å². The third kappa shape index (κ3) is 2.01. The molecule has 0 bridgehead atoms. The Labute approximate surface area is 99.7 Å². The maximum Gasteiger partial charge on any atom is 0.416 e. The fourth-order valence-electron chi connectivity index (χ4n) is 1.82. The second kappa shape index (κ2) is 4.16. The van der Waals surface area contributed by atoms with Crippen molar-refractivity contribution in [2.24, 2.45) is 0 Å². The number of imidazole rings is 1. The number of H-pyrrole nitrogens is 1. The minimum Gasteiger partial charge on any atom is -0.394 e. The second-order valence-electron chi connectivity index (χ2n) is 4.06. The van der Waals surface area contributed by atoms with Gasteiger partial charge in [0.1, 0.15) is 0 Å². The van der Waals surface area contributed by atoms with Crippen molar-refractivity contribution >= 4 is 11.0 Å². The molecule has 0 spiro atoms. The van der Waals surface area contributed by atoms with Crippen molar-refractivity contribution in [3.05, 3.63) is 34.2 Å². The molecule has 18 heavy (non-hydrogen) atoms. The van der Waals surface area contributed by atoms with E-state index in [4.69, 9.17) is 5.11 Å². The summed E-state index contributed by atoms with van der Waals surface area (Å²) in [6.07, 6.45) is -4.46. The number of hydrogen-bond donors (Lipinski definition) is 2. The Morgan fingerprint density at radius 2 is 2.11 bits per heavy atom. The normalized spacial score (nSPS) is 14.1. The maximum atomic E-state index is 12.6. The molecule has 1 atom stereocenters. The van der Waals surface area contributed by atoms with Gasteiger partial charge < -0.3 is 10.1 Å². The van der Waals surface area contributed by atoms with Crippen LogP contribution in [0.4, 0.5) is 13.2 Å². The zero-order chi connectivity index (χ0) is 13.5. The van der Waals surface area contributed by atoms with E-state index in [0.29, 0.717) is 5.52 Å². The monoisotopic (exact) mass is 260 g/mol. The fraction of sp³-hybridized carbons (Fsp3) is 0.364. The van der Waals surface area contributed by atoms with Crippen LogP contribution in [0.3, 0.4) is 0 Å². The number of aliphatic hydroxyl groups excluding tert-OH is 1. The molecule has 0 aliphatic rings. The highest BCUT2D eigenvalue weighted by Crippen LogP contribution is 2.31. The summed E-state index contributed by atoms with van der Waals surface area (Å²) in [4.78, 5) is 14.1. The number of fused-ring (bicyclic) bond motifs is 1. The van der Waals surface area contributed by atoms with Crippen LogP contribution >= 0.6 is 0 Å². The molecule has 0 unspecified atom stereocenters. The topological polar surface area (TPSA) is 58.0 Å². The second-order valence-corrected chi connectivity index (χ2v) is 4.06. The number of aromatic nitrogens is 2. The molecule has 1 heterocycles. The third-order valence-electron chi connectivity index (χ3n) is 2.75. The molecule has 2 aromatic rings. The lowest BCUT2D eigenvalue weighted by atomic mass is 10.2. The van der Waals surface area contributed by atoms with Crippen LogP contribution in [0, 0.1) is 0 Å². The van der Waals surface area contributed by atoms with E-state index in [1.54, 1.807) is 6.92 Å². The van der Waals surface area contributed by atoms with Crippen LogP contribution in [0.5, 0.6) is 0 Å². The molecule has 0 amide bonds. The molecule has 0 saturated heterocycles. The number of rotatable bonds is 2. The first-order valence-electron chi connectivity index (χ1n) is 5.27. The van der Waals surface area contributed by atoms with Gasteiger partial charge in [-0.2, -0.15) is 13.2 Å². The molecule has 1 aromatic carbocycles. The first-order chi connectivity index (χ1) is 8.34. The molecule has 0 radical (unpaired) electrons. The van der Waals surface area contributed by atoms with Gasteiger partial charge in [-0.25, -0.2) is 4.79 Å². The predicted octanol–water partition coefficient (Wildman–Crippen LogP) is 1.90. The number of nitrogens with one attached hydrogen (secondary N) is 1. The largest absolute Gasteiger partial charge is 0.416 e. The number of alkyl halides is 3. The van der Waals surface area contributed by atoms with Gasteiger partial charge in [0, 0.05) is 0 Å². The van der Waals surface area contributed by atoms with Crippen LogP contribution in [-0.4, -0.2) is 21.3 Å². The van der Waals surface area contributed by atoms with E-state index in [2.05, 4.69) is 4.98 Å². The van der Waals surface area contributed by atoms with Crippen LogP contribution in [0.15, 0.2) is 23.0 Å². The van der Waals surface area contributed by atoms with Crippen molar-refractivity contribution in [3.63, 3.8) is 0 Å². The smallest absolute Gasteiger partial charge is 0.394 e. The molecule has 0 fully saturated rings. The first-order valence-corrected chi connectivity index (χ1v) is 5.27. The van der Waals surface area contributed by atoms with Gasteiger partial charge in [0.15, 0.2) is 0 Å². The van der Waals surface area contributed by atoms with Gasteiger partial charge in [-0.3, -0.25) is 4.57 Å². The van der Waals surface area contributed by atoms with E-state index < -0.39 is 23.5 Å². The summed E-state index contributed by atoms with van der Waals surface area (Å²) in [5, 5.41) is 9.02. The van der Waals surface area contributed by atoms with Gasteiger partial charge in [-0.1, -0.05) is 0 Å². The molecule has 0 aliphatic carbocycles. The number of nitrogens with zero attached hydrogens (tertiary/aromatic N) is 1. The SMILES string of the molecule is C[C@H](CO)n1c(=O)[nH]c2ccc(C(F)(F)F)cc21. The van der Waals surface area contributed by atoms with Crippen molar-refractivity contribution in [1.29, 1.82) is 0 Å². The Balaban J connectivity index is 2.71. The molecule has 0 saturated carbocycles. The summed E-state index contributed by atoms with van der Waals surface area (Å²) in [6, 6.07) is 2.43. The van der Waals surface area contributed by atoms with Crippen molar-refractivity contribution in [2.75, 3.05) is 6.61 Å². The van der Waals surface area contributed by atoms with Gasteiger partial charge in [0.25, 0.3) is 0 Å². The Hall–Kier alpha value is -1.76. The number of benzene rings is 1. The first kappa shape index (κ1) is 12.7. The van der Waals surface area contributed by atoms with Crippen LogP contribution in [0.2, 0.25) is 0 Å². The fourth-order valence-corrected chi connectivity index (χ4v) is 1.82. The predicted molar refractivity (Wildman–Crippen MR) is 59.4 cm³/mol. The van der Waals surface area contributed by atoms with E-state index in [-0.39, 0.29) is 12.1 Å². The van der Waals surface area contributed by atoms with Gasteiger partial charge in [-0.15, -0.1) is 0 Å². The molecule has 98 valence electrons. The summed E-state index contributed by atoms with van der Waals surface area (Å²) in [5.74, 6) is 0. The van der Waals surface area contributed by atoms with E-state index in [9.17, 15) is 18.0 Å². The molecule has 1 aromatic heterocycles. The van der Waals surface area contributed by atoms with Crippen LogP contribution in [0.1, 0.15) is 18.5 Å². The highest BCUT2D eigenvalue weighted by Gasteiger charge is 2.31. The van der Waals surface area contributed by atoms with Crippen molar-refractivity contribution in [1.82, 2.24) is 9.55 Å². The third-order valence-corrected chi connectivity index (χ3v) is 2.75. The van der Waals surface area contributed by atoms with Gasteiger partial charge in [-0.05, 0) is 25.1 Å². The van der Waals surface area contributed by atoms with E-state index >= 15 is 0 Å². The Bertz CT molecular complexity index is 627. The van der Waals surface area contributed by atoms with Crippen molar-refractivity contribution in [3.8, 4) is 0 Å². The van der Waals surface area contributed by atoms with Gasteiger partial charge in [0.2, 0.25) is 0 Å². The van der Waals surface area contributed by atoms with Crippen LogP contribution < -0.4 is 5.69 Å². The minimum absolute atomic E-state index is 0.136.